The molecule has 1 aliphatic rings. The van der Waals surface area contributed by atoms with E-state index >= 15 is 0 Å². The molecule has 1 heterocycles. The molecule has 228 valence electrons. The van der Waals surface area contributed by atoms with Crippen LogP contribution in [0.2, 0.25) is 5.02 Å². The number of benzene rings is 2. The van der Waals surface area contributed by atoms with Crippen molar-refractivity contribution in [2.24, 2.45) is 10.7 Å². The first-order chi connectivity index (χ1) is 19.8. The highest BCUT2D eigenvalue weighted by Gasteiger charge is 2.32. The van der Waals surface area contributed by atoms with E-state index in [4.69, 9.17) is 47.4 Å². The normalized spacial score (nSPS) is 15.5. The molecule has 0 aliphatic carbocycles. The van der Waals surface area contributed by atoms with E-state index in [0.717, 1.165) is 5.56 Å². The van der Waals surface area contributed by atoms with Crippen LogP contribution in [0.25, 0.3) is 0 Å². The largest absolute Gasteiger partial charge is 0.497 e. The molecule has 2 aromatic rings. The topological polar surface area (TPSA) is 146 Å². The van der Waals surface area contributed by atoms with Crippen LogP contribution in [0.5, 0.6) is 5.75 Å². The molecule has 42 heavy (non-hydrogen) atoms. The fourth-order valence-corrected chi connectivity index (χ4v) is 4.58. The van der Waals surface area contributed by atoms with Gasteiger partial charge in [-0.15, -0.1) is 0 Å². The Labute approximate surface area is 253 Å². The van der Waals surface area contributed by atoms with Gasteiger partial charge in [-0.3, -0.25) is 25.5 Å². The molecule has 0 spiro atoms. The fraction of sp³-hybridized carbons (Fsp3) is 0.484. The maximum absolute atomic E-state index is 13.1. The maximum Gasteiger partial charge on any atom is 0.222 e. The van der Waals surface area contributed by atoms with Gasteiger partial charge in [0.05, 0.1) is 49.3 Å². The Morgan fingerprint density at radius 2 is 1.74 bits per heavy atom. The molecule has 0 saturated heterocycles. The average molecular weight is 599 g/mol. The maximum atomic E-state index is 13.1. The summed E-state index contributed by atoms with van der Waals surface area (Å²) in [5.41, 5.74) is 7.48. The van der Waals surface area contributed by atoms with Crippen molar-refractivity contribution in [3.63, 3.8) is 0 Å². The molecule has 1 aliphatic heterocycles. The number of nitrogens with zero attached hydrogens (tertiary/aromatic N) is 2. The number of nitrogens with two attached hydrogens (primary N) is 1. The Balaban J connectivity index is 1.77. The molecule has 3 rings (SSSR count). The Bertz CT molecular complexity index is 1310. The Morgan fingerprint density at radius 3 is 2.33 bits per heavy atom. The van der Waals surface area contributed by atoms with E-state index in [1.54, 1.807) is 38.3 Å². The van der Waals surface area contributed by atoms with Gasteiger partial charge in [-0.1, -0.05) is 23.7 Å². The molecule has 5 N–H and O–H groups in total. The molecule has 1 atom stereocenters. The highest BCUT2D eigenvalue weighted by molar-refractivity contribution is 6.31. The van der Waals surface area contributed by atoms with E-state index < -0.39 is 17.2 Å². The van der Waals surface area contributed by atoms with Gasteiger partial charge >= 0.3 is 0 Å². The van der Waals surface area contributed by atoms with Crippen molar-refractivity contribution < 1.29 is 19.0 Å². The SMILES string of the molecule is COc1ccc2c(c1)C(c1ccc(Cl)cc1)=NC(CC(=O)NCCC(C)(C)OCCOC(C)(C)CN)C(=N)N2C(C)=N. The number of carbonyl (C=O) groups excluding carboxylic acids is 1. The number of rotatable bonds is 13. The minimum absolute atomic E-state index is 0.0390. The van der Waals surface area contributed by atoms with Crippen LogP contribution in [-0.2, 0) is 14.3 Å². The molecule has 1 unspecified atom stereocenters. The van der Waals surface area contributed by atoms with Crippen LogP contribution < -0.4 is 20.7 Å². The van der Waals surface area contributed by atoms with Crippen LogP contribution in [0.4, 0.5) is 5.69 Å². The third kappa shape index (κ3) is 8.84. The second-order valence-corrected chi connectivity index (χ2v) is 11.9. The minimum atomic E-state index is -0.832. The number of amides is 1. The summed E-state index contributed by atoms with van der Waals surface area (Å²) in [6, 6.07) is 11.8. The number of ether oxygens (including phenoxy) is 3. The first-order valence-electron chi connectivity index (χ1n) is 14.0. The third-order valence-electron chi connectivity index (χ3n) is 6.98. The summed E-state index contributed by atoms with van der Waals surface area (Å²) < 4.78 is 17.2. The summed E-state index contributed by atoms with van der Waals surface area (Å²) in [6.45, 7) is 11.1. The van der Waals surface area contributed by atoms with Gasteiger partial charge in [0.25, 0.3) is 0 Å². The van der Waals surface area contributed by atoms with E-state index in [0.29, 0.717) is 60.5 Å². The van der Waals surface area contributed by atoms with Crippen molar-refractivity contribution in [1.29, 1.82) is 10.8 Å². The van der Waals surface area contributed by atoms with Gasteiger partial charge in [0, 0.05) is 29.2 Å². The molecule has 0 aromatic heterocycles. The molecule has 0 bridgehead atoms. The summed E-state index contributed by atoms with van der Waals surface area (Å²) in [6.07, 6.45) is 0.519. The summed E-state index contributed by atoms with van der Waals surface area (Å²) in [4.78, 5) is 19.6. The van der Waals surface area contributed by atoms with E-state index in [1.807, 2.05) is 45.9 Å². The molecule has 10 nitrogen and oxygen atoms in total. The van der Waals surface area contributed by atoms with Crippen molar-refractivity contribution >= 4 is 40.6 Å². The van der Waals surface area contributed by atoms with Gasteiger partial charge in [-0.2, -0.15) is 0 Å². The first kappa shape index (κ1) is 33.2. The molecule has 2 aromatic carbocycles. The predicted octanol–water partition coefficient (Wildman–Crippen LogP) is 4.79. The molecule has 0 radical (unpaired) electrons. The van der Waals surface area contributed by atoms with Crippen LogP contribution in [0.1, 0.15) is 58.6 Å². The lowest BCUT2D eigenvalue weighted by molar-refractivity contribution is -0.121. The monoisotopic (exact) mass is 598 g/mol. The van der Waals surface area contributed by atoms with Gasteiger partial charge in [0.1, 0.15) is 23.5 Å². The Morgan fingerprint density at radius 1 is 1.10 bits per heavy atom. The van der Waals surface area contributed by atoms with Gasteiger partial charge in [0.15, 0.2) is 0 Å². The molecule has 11 heteroatoms. The van der Waals surface area contributed by atoms with E-state index in [2.05, 4.69) is 5.32 Å². The molecular formula is C31H43ClN6O4. The number of halogens is 1. The summed E-state index contributed by atoms with van der Waals surface area (Å²) in [5, 5.41) is 21.0. The molecular weight excluding hydrogens is 556 g/mol. The van der Waals surface area contributed by atoms with Gasteiger partial charge in [-0.25, -0.2) is 0 Å². The lowest BCUT2D eigenvalue weighted by Gasteiger charge is -2.28. The number of methoxy groups -OCH3 is 1. The van der Waals surface area contributed by atoms with Crippen molar-refractivity contribution in [2.45, 2.75) is 64.7 Å². The Kier molecular flexibility index (Phi) is 11.3. The molecule has 1 amide bonds. The van der Waals surface area contributed by atoms with E-state index in [-0.39, 0.29) is 24.0 Å². The number of amidine groups is 2. The number of fused-ring (bicyclic) bond motifs is 1. The predicted molar refractivity (Wildman–Crippen MR) is 169 cm³/mol. The standard InChI is InChI=1S/C31H43ClN6O4/c1-20(34)38-26-12-11-23(40-6)17-24(26)28(21-7-9-22(32)10-8-21)37-25(29(38)35)18-27(39)36-14-13-30(2,3)41-15-16-42-31(4,5)19-33/h7-12,17,25,34-35H,13-16,18-19,33H2,1-6H3,(H,36,39). The number of hydrogen-bond donors (Lipinski definition) is 4. The number of hydrogen-bond acceptors (Lipinski definition) is 8. The van der Waals surface area contributed by atoms with Crippen molar-refractivity contribution in [3.05, 3.63) is 58.6 Å². The number of aliphatic imine (C=N–C) groups is 1. The minimum Gasteiger partial charge on any atom is -0.497 e. The van der Waals surface area contributed by atoms with Crippen molar-refractivity contribution in [3.8, 4) is 5.75 Å². The summed E-state index contributed by atoms with van der Waals surface area (Å²) >= 11 is 6.15. The molecule has 0 fully saturated rings. The van der Waals surface area contributed by atoms with E-state index in [1.165, 1.54) is 4.90 Å². The van der Waals surface area contributed by atoms with Crippen LogP contribution in [0.15, 0.2) is 47.5 Å². The van der Waals surface area contributed by atoms with Crippen LogP contribution >= 0.6 is 11.6 Å². The fourth-order valence-electron chi connectivity index (χ4n) is 4.45. The van der Waals surface area contributed by atoms with Crippen LogP contribution in [0, 0.1) is 10.8 Å². The lowest BCUT2D eigenvalue weighted by atomic mass is 9.99. The highest BCUT2D eigenvalue weighted by atomic mass is 35.5. The third-order valence-corrected chi connectivity index (χ3v) is 7.23. The molecule has 0 saturated carbocycles. The number of anilines is 1. The summed E-state index contributed by atoms with van der Waals surface area (Å²) in [7, 11) is 1.58. The van der Waals surface area contributed by atoms with Crippen molar-refractivity contribution in [2.75, 3.05) is 38.3 Å². The zero-order chi connectivity index (χ0) is 31.1. The highest BCUT2D eigenvalue weighted by Crippen LogP contribution is 2.33. The first-order valence-corrected chi connectivity index (χ1v) is 14.4. The second kappa shape index (κ2) is 14.2. The zero-order valence-corrected chi connectivity index (χ0v) is 26.1. The summed E-state index contributed by atoms with van der Waals surface area (Å²) in [5.74, 6) is 0.540. The van der Waals surface area contributed by atoms with E-state index in [9.17, 15) is 4.79 Å². The number of benzodiazepines with no additional fused rings is 1. The van der Waals surface area contributed by atoms with Crippen molar-refractivity contribution in [1.82, 2.24) is 5.32 Å². The number of carbonyl (C=O) groups is 1. The zero-order valence-electron chi connectivity index (χ0n) is 25.3. The van der Waals surface area contributed by atoms with Gasteiger partial charge < -0.3 is 25.3 Å². The smallest absolute Gasteiger partial charge is 0.222 e. The van der Waals surface area contributed by atoms with Crippen LogP contribution in [0.3, 0.4) is 0 Å². The number of nitrogens with one attached hydrogen (secondary N) is 3. The van der Waals surface area contributed by atoms with Gasteiger partial charge in [0.2, 0.25) is 5.91 Å². The van der Waals surface area contributed by atoms with Gasteiger partial charge in [-0.05, 0) is 71.4 Å². The second-order valence-electron chi connectivity index (χ2n) is 11.4. The average Bonchev–Trinajstić information content (AvgIpc) is 3.05. The Hall–Kier alpha value is -3.31. The lowest BCUT2D eigenvalue weighted by Crippen LogP contribution is -2.43. The van der Waals surface area contributed by atoms with Crippen LogP contribution in [-0.4, -0.2) is 73.9 Å². The quantitative estimate of drug-likeness (QED) is 0.148.